The van der Waals surface area contributed by atoms with E-state index in [4.69, 9.17) is 0 Å². The second-order valence-electron chi connectivity index (χ2n) is 8.34. The topological polar surface area (TPSA) is 69.7 Å². The lowest BCUT2D eigenvalue weighted by Gasteiger charge is -2.29. The Morgan fingerprint density at radius 1 is 1.06 bits per heavy atom. The molecule has 2 aromatic carbocycles. The van der Waals surface area contributed by atoms with Crippen molar-refractivity contribution >= 4 is 29.5 Å². The minimum absolute atomic E-state index is 0.128. The zero-order valence-corrected chi connectivity index (χ0v) is 18.7. The molecule has 162 valence electrons. The van der Waals surface area contributed by atoms with Crippen LogP contribution in [0.1, 0.15) is 39.9 Å². The number of amides is 3. The van der Waals surface area contributed by atoms with Crippen LogP contribution in [0.15, 0.2) is 47.4 Å². The molecule has 31 heavy (non-hydrogen) atoms. The highest BCUT2D eigenvalue weighted by Crippen LogP contribution is 2.35. The lowest BCUT2D eigenvalue weighted by atomic mass is 10.0. The van der Waals surface area contributed by atoms with Crippen molar-refractivity contribution in [2.24, 2.45) is 0 Å². The highest BCUT2D eigenvalue weighted by Gasteiger charge is 2.39. The number of rotatable bonds is 7. The molecule has 0 aliphatic carbocycles. The van der Waals surface area contributed by atoms with Gasteiger partial charge in [-0.15, -0.1) is 11.8 Å². The molecule has 2 aliphatic rings. The molecule has 0 saturated carbocycles. The third kappa shape index (κ3) is 4.83. The van der Waals surface area contributed by atoms with Crippen LogP contribution >= 0.6 is 11.8 Å². The molecule has 1 atom stereocenters. The van der Waals surface area contributed by atoms with Crippen molar-refractivity contribution in [2.75, 3.05) is 20.6 Å². The summed E-state index contributed by atoms with van der Waals surface area (Å²) in [5.41, 5.74) is 4.20. The molecule has 1 N–H and O–H groups in total. The van der Waals surface area contributed by atoms with Crippen molar-refractivity contribution in [3.05, 3.63) is 64.7 Å². The number of nitrogens with zero attached hydrogens (tertiary/aromatic N) is 2. The van der Waals surface area contributed by atoms with Gasteiger partial charge in [0.15, 0.2) is 0 Å². The molecule has 6 nitrogen and oxygen atoms in total. The van der Waals surface area contributed by atoms with Gasteiger partial charge in [-0.25, -0.2) is 0 Å². The summed E-state index contributed by atoms with van der Waals surface area (Å²) in [6.07, 6.45) is 1.68. The number of benzene rings is 2. The summed E-state index contributed by atoms with van der Waals surface area (Å²) in [5, 5.41) is 2.35. The van der Waals surface area contributed by atoms with Crippen LogP contribution in [0, 0.1) is 0 Å². The smallest absolute Gasteiger partial charge is 0.255 e. The Hall–Kier alpha value is -2.64. The van der Waals surface area contributed by atoms with Crippen LogP contribution < -0.4 is 5.32 Å². The highest BCUT2D eigenvalue weighted by atomic mass is 32.2. The van der Waals surface area contributed by atoms with E-state index in [0.29, 0.717) is 18.5 Å². The number of carbonyl (C=O) groups excluding carboxylic acids is 3. The summed E-state index contributed by atoms with van der Waals surface area (Å²) >= 11 is 1.71. The number of carbonyl (C=O) groups is 3. The van der Waals surface area contributed by atoms with E-state index in [1.807, 2.05) is 18.2 Å². The Balaban J connectivity index is 1.43. The first-order valence-corrected chi connectivity index (χ1v) is 11.5. The van der Waals surface area contributed by atoms with E-state index in [2.05, 4.69) is 48.6 Å². The minimum Gasteiger partial charge on any atom is -0.322 e. The Labute approximate surface area is 187 Å². The van der Waals surface area contributed by atoms with Crippen LogP contribution in [-0.4, -0.2) is 54.2 Å². The average molecular weight is 438 g/mol. The van der Waals surface area contributed by atoms with Gasteiger partial charge >= 0.3 is 0 Å². The summed E-state index contributed by atoms with van der Waals surface area (Å²) in [5.74, 6) is 0.0457. The number of thioether (sulfide) groups is 1. The lowest BCUT2D eigenvalue weighted by molar-refractivity contribution is -0.136. The zero-order valence-electron chi connectivity index (χ0n) is 17.9. The fraction of sp³-hybridized carbons (Fsp3) is 0.375. The van der Waals surface area contributed by atoms with Crippen molar-refractivity contribution in [2.45, 2.75) is 42.5 Å². The van der Waals surface area contributed by atoms with Crippen LogP contribution in [0.4, 0.5) is 0 Å². The number of nitrogens with one attached hydrogen (secondary N) is 1. The summed E-state index contributed by atoms with van der Waals surface area (Å²) in [6, 6.07) is 13.9. The van der Waals surface area contributed by atoms with Crippen molar-refractivity contribution in [3.8, 4) is 0 Å². The third-order valence-corrected chi connectivity index (χ3v) is 6.98. The number of likely N-dealkylation sites (N-methyl/N-ethyl adjacent to an activating group) is 1. The SMILES string of the molecule is CN(C)CCc1ccc(CSc2cccc3c2CN(C2CCC(=O)NC2=O)C3=O)cc1. The largest absolute Gasteiger partial charge is 0.322 e. The number of fused-ring (bicyclic) bond motifs is 1. The summed E-state index contributed by atoms with van der Waals surface area (Å²) < 4.78 is 0. The number of piperidine rings is 1. The van der Waals surface area contributed by atoms with E-state index in [1.165, 1.54) is 11.1 Å². The second-order valence-corrected chi connectivity index (χ2v) is 9.36. The van der Waals surface area contributed by atoms with Crippen molar-refractivity contribution in [3.63, 3.8) is 0 Å². The van der Waals surface area contributed by atoms with Crippen LogP contribution in [-0.2, 0) is 28.3 Å². The molecule has 7 heteroatoms. The first-order valence-electron chi connectivity index (χ1n) is 10.5. The molecular formula is C24H27N3O3S. The summed E-state index contributed by atoms with van der Waals surface area (Å²) in [7, 11) is 4.16. The minimum atomic E-state index is -0.579. The van der Waals surface area contributed by atoms with Crippen LogP contribution in [0.3, 0.4) is 0 Å². The fourth-order valence-electron chi connectivity index (χ4n) is 4.01. The first-order chi connectivity index (χ1) is 14.9. The molecule has 0 radical (unpaired) electrons. The lowest BCUT2D eigenvalue weighted by Crippen LogP contribution is -2.52. The van der Waals surface area contributed by atoms with E-state index in [-0.39, 0.29) is 24.1 Å². The molecule has 2 heterocycles. The van der Waals surface area contributed by atoms with Gasteiger partial charge in [-0.05, 0) is 55.8 Å². The predicted molar refractivity (Wildman–Crippen MR) is 121 cm³/mol. The molecule has 3 amide bonds. The molecule has 0 aromatic heterocycles. The van der Waals surface area contributed by atoms with Crippen LogP contribution in [0.25, 0.3) is 0 Å². The first kappa shape index (κ1) is 21.6. The molecule has 2 aromatic rings. The van der Waals surface area contributed by atoms with Gasteiger partial charge in [-0.2, -0.15) is 0 Å². The third-order valence-electron chi connectivity index (χ3n) is 5.80. The quantitative estimate of drug-likeness (QED) is 0.533. The van der Waals surface area contributed by atoms with E-state index in [9.17, 15) is 14.4 Å². The summed E-state index contributed by atoms with van der Waals surface area (Å²) in [4.78, 5) is 41.5. The number of hydrogen-bond donors (Lipinski definition) is 1. The Bertz CT molecular complexity index is 1000. The Morgan fingerprint density at radius 3 is 2.52 bits per heavy atom. The van der Waals surface area contributed by atoms with Crippen molar-refractivity contribution in [1.29, 1.82) is 0 Å². The zero-order chi connectivity index (χ0) is 22.0. The van der Waals surface area contributed by atoms with E-state index < -0.39 is 6.04 Å². The van der Waals surface area contributed by atoms with Gasteiger partial charge in [0.2, 0.25) is 11.8 Å². The average Bonchev–Trinajstić information content (AvgIpc) is 3.08. The normalized spacial score (nSPS) is 18.5. The van der Waals surface area contributed by atoms with Gasteiger partial charge in [0.1, 0.15) is 6.04 Å². The van der Waals surface area contributed by atoms with Crippen LogP contribution in [0.5, 0.6) is 0 Å². The van der Waals surface area contributed by atoms with Crippen molar-refractivity contribution < 1.29 is 14.4 Å². The van der Waals surface area contributed by atoms with Gasteiger partial charge in [0.25, 0.3) is 5.91 Å². The molecule has 1 saturated heterocycles. The summed E-state index contributed by atoms with van der Waals surface area (Å²) in [6.45, 7) is 1.44. The standard InChI is InChI=1S/C24H27N3O3S/c1-26(2)13-12-16-6-8-17(9-7-16)15-31-21-5-3-4-18-19(21)14-27(24(18)30)20-10-11-22(28)25-23(20)29/h3-9,20H,10-15H2,1-2H3,(H,25,28,29). The van der Waals surface area contributed by atoms with E-state index >= 15 is 0 Å². The maximum Gasteiger partial charge on any atom is 0.255 e. The second kappa shape index (κ2) is 9.24. The van der Waals surface area contributed by atoms with Gasteiger partial charge in [0.05, 0.1) is 0 Å². The monoisotopic (exact) mass is 437 g/mol. The molecular weight excluding hydrogens is 410 g/mol. The van der Waals surface area contributed by atoms with Crippen molar-refractivity contribution in [1.82, 2.24) is 15.1 Å². The molecule has 1 fully saturated rings. The van der Waals surface area contributed by atoms with Gasteiger partial charge in [-0.3, -0.25) is 19.7 Å². The molecule has 4 rings (SSSR count). The molecule has 0 spiro atoms. The number of hydrogen-bond acceptors (Lipinski definition) is 5. The highest BCUT2D eigenvalue weighted by molar-refractivity contribution is 7.98. The van der Waals surface area contributed by atoms with Gasteiger partial charge < -0.3 is 9.80 Å². The molecule has 0 bridgehead atoms. The number of imide groups is 1. The van der Waals surface area contributed by atoms with Gasteiger partial charge in [-0.1, -0.05) is 30.3 Å². The maximum atomic E-state index is 12.9. The van der Waals surface area contributed by atoms with E-state index in [1.54, 1.807) is 16.7 Å². The molecule has 1 unspecified atom stereocenters. The Morgan fingerprint density at radius 2 is 1.81 bits per heavy atom. The van der Waals surface area contributed by atoms with E-state index in [0.717, 1.165) is 29.2 Å². The van der Waals surface area contributed by atoms with Gasteiger partial charge in [0, 0.05) is 35.7 Å². The Kier molecular flexibility index (Phi) is 6.43. The molecule has 2 aliphatic heterocycles. The van der Waals surface area contributed by atoms with Crippen LogP contribution in [0.2, 0.25) is 0 Å². The maximum absolute atomic E-state index is 12.9. The fourth-order valence-corrected chi connectivity index (χ4v) is 5.05. The predicted octanol–water partition coefficient (Wildman–Crippen LogP) is 2.84.